The monoisotopic (exact) mass is 233 g/mol. The Morgan fingerprint density at radius 1 is 1.18 bits per heavy atom. The van der Waals surface area contributed by atoms with Gasteiger partial charge in [-0.25, -0.2) is 0 Å². The van der Waals surface area contributed by atoms with Crippen LogP contribution in [0.25, 0.3) is 0 Å². The smallest absolute Gasteiger partial charge is 0.0343 e. The Kier molecular flexibility index (Phi) is 5.04. The van der Waals surface area contributed by atoms with Gasteiger partial charge in [-0.15, -0.1) is 0 Å². The van der Waals surface area contributed by atoms with Gasteiger partial charge in [-0.05, 0) is 54.9 Å². The molecule has 0 amide bonds. The third-order valence-electron chi connectivity index (χ3n) is 3.16. The molecule has 0 saturated heterocycles. The molecule has 0 bridgehead atoms. The molecular formula is C16H27N. The van der Waals surface area contributed by atoms with Gasteiger partial charge in [0.2, 0.25) is 0 Å². The molecule has 96 valence electrons. The normalized spacial score (nSPS) is 11.6. The summed E-state index contributed by atoms with van der Waals surface area (Å²) in [4.78, 5) is 0. The maximum atomic E-state index is 3.51. The number of hydrogen-bond donors (Lipinski definition) is 1. The predicted octanol–water partition coefficient (Wildman–Crippen LogP) is 4.80. The summed E-state index contributed by atoms with van der Waals surface area (Å²) in [5.74, 6) is 0. The molecule has 0 aromatic heterocycles. The van der Waals surface area contributed by atoms with Crippen molar-refractivity contribution in [3.05, 3.63) is 29.3 Å². The Hall–Kier alpha value is -0.980. The van der Waals surface area contributed by atoms with E-state index in [-0.39, 0.29) is 0 Å². The molecule has 1 aromatic carbocycles. The average molecular weight is 233 g/mol. The average Bonchev–Trinajstić information content (AvgIpc) is 2.23. The summed E-state index contributed by atoms with van der Waals surface area (Å²) in [5, 5.41) is 3.51. The Morgan fingerprint density at radius 2 is 1.88 bits per heavy atom. The van der Waals surface area contributed by atoms with Gasteiger partial charge in [-0.2, -0.15) is 0 Å². The van der Waals surface area contributed by atoms with Gasteiger partial charge in [0.15, 0.2) is 0 Å². The van der Waals surface area contributed by atoms with Crippen LogP contribution in [0.15, 0.2) is 18.2 Å². The van der Waals surface area contributed by atoms with Crippen LogP contribution >= 0.6 is 0 Å². The molecule has 1 N–H and O–H groups in total. The standard InChI is InChI=1S/C16H27N/c1-6-14-8-9-15(12-13(14)2)17-11-7-10-16(3,4)5/h8-9,12,17H,6-7,10-11H2,1-5H3. The maximum absolute atomic E-state index is 3.51. The fourth-order valence-electron chi connectivity index (χ4n) is 2.05. The molecule has 0 aliphatic rings. The molecule has 1 heteroatoms. The minimum absolute atomic E-state index is 0.448. The Morgan fingerprint density at radius 3 is 2.41 bits per heavy atom. The van der Waals surface area contributed by atoms with Gasteiger partial charge in [-0.1, -0.05) is 33.8 Å². The zero-order chi connectivity index (χ0) is 12.9. The van der Waals surface area contributed by atoms with Gasteiger partial charge in [-0.3, -0.25) is 0 Å². The summed E-state index contributed by atoms with van der Waals surface area (Å²) in [6, 6.07) is 6.69. The largest absolute Gasteiger partial charge is 0.385 e. The molecule has 0 heterocycles. The lowest BCUT2D eigenvalue weighted by molar-refractivity contribution is 0.370. The van der Waals surface area contributed by atoms with Gasteiger partial charge < -0.3 is 5.32 Å². The minimum atomic E-state index is 0.448. The molecule has 1 nitrogen and oxygen atoms in total. The van der Waals surface area contributed by atoms with Crippen molar-refractivity contribution in [1.82, 2.24) is 0 Å². The van der Waals surface area contributed by atoms with Crippen molar-refractivity contribution < 1.29 is 0 Å². The van der Waals surface area contributed by atoms with Crippen molar-refractivity contribution in [2.45, 2.75) is 53.9 Å². The highest BCUT2D eigenvalue weighted by Gasteiger charge is 2.08. The Bertz CT molecular complexity index is 347. The molecule has 1 aromatic rings. The summed E-state index contributed by atoms with van der Waals surface area (Å²) >= 11 is 0. The molecule has 0 atom stereocenters. The van der Waals surface area contributed by atoms with Gasteiger partial charge in [0, 0.05) is 12.2 Å². The number of anilines is 1. The van der Waals surface area contributed by atoms with Crippen molar-refractivity contribution in [3.8, 4) is 0 Å². The number of hydrogen-bond acceptors (Lipinski definition) is 1. The van der Waals surface area contributed by atoms with E-state index in [1.54, 1.807) is 0 Å². The van der Waals surface area contributed by atoms with E-state index in [2.05, 4.69) is 58.1 Å². The van der Waals surface area contributed by atoms with E-state index in [0.29, 0.717) is 5.41 Å². The number of rotatable bonds is 5. The fourth-order valence-corrected chi connectivity index (χ4v) is 2.05. The fraction of sp³-hybridized carbons (Fsp3) is 0.625. The van der Waals surface area contributed by atoms with Crippen molar-refractivity contribution in [2.75, 3.05) is 11.9 Å². The first-order valence-corrected chi connectivity index (χ1v) is 6.76. The van der Waals surface area contributed by atoms with E-state index in [1.165, 1.54) is 29.7 Å². The van der Waals surface area contributed by atoms with Crippen LogP contribution in [0.4, 0.5) is 5.69 Å². The van der Waals surface area contributed by atoms with Crippen LogP contribution in [0.5, 0.6) is 0 Å². The molecule has 0 radical (unpaired) electrons. The van der Waals surface area contributed by atoms with E-state index >= 15 is 0 Å². The molecule has 0 unspecified atom stereocenters. The van der Waals surface area contributed by atoms with Crippen molar-refractivity contribution in [1.29, 1.82) is 0 Å². The van der Waals surface area contributed by atoms with E-state index in [1.807, 2.05) is 0 Å². The third kappa shape index (κ3) is 5.25. The lowest BCUT2D eigenvalue weighted by Crippen LogP contribution is -2.09. The van der Waals surface area contributed by atoms with Crippen LogP contribution in [-0.4, -0.2) is 6.54 Å². The van der Waals surface area contributed by atoms with Crippen LogP contribution in [0.1, 0.15) is 51.7 Å². The highest BCUT2D eigenvalue weighted by Crippen LogP contribution is 2.21. The molecular weight excluding hydrogens is 206 g/mol. The first-order chi connectivity index (χ1) is 7.92. The van der Waals surface area contributed by atoms with Gasteiger partial charge in [0.25, 0.3) is 0 Å². The summed E-state index contributed by atoms with van der Waals surface area (Å²) in [6.45, 7) is 12.4. The second-order valence-electron chi connectivity index (χ2n) is 6.09. The molecule has 1 rings (SSSR count). The van der Waals surface area contributed by atoms with Crippen LogP contribution < -0.4 is 5.32 Å². The number of aryl methyl sites for hydroxylation is 2. The van der Waals surface area contributed by atoms with E-state index < -0.39 is 0 Å². The van der Waals surface area contributed by atoms with Crippen LogP contribution in [0.2, 0.25) is 0 Å². The Balaban J connectivity index is 2.40. The second kappa shape index (κ2) is 6.09. The number of nitrogens with one attached hydrogen (secondary N) is 1. The van der Waals surface area contributed by atoms with E-state index in [4.69, 9.17) is 0 Å². The highest BCUT2D eigenvalue weighted by atomic mass is 14.9. The molecule has 17 heavy (non-hydrogen) atoms. The SMILES string of the molecule is CCc1ccc(NCCCC(C)(C)C)cc1C. The van der Waals surface area contributed by atoms with E-state index in [0.717, 1.165) is 13.0 Å². The lowest BCUT2D eigenvalue weighted by atomic mass is 9.91. The van der Waals surface area contributed by atoms with Gasteiger partial charge in [0.1, 0.15) is 0 Å². The first-order valence-electron chi connectivity index (χ1n) is 6.76. The molecule has 0 saturated carbocycles. The topological polar surface area (TPSA) is 12.0 Å². The summed E-state index contributed by atoms with van der Waals surface area (Å²) in [5.41, 5.74) is 4.55. The third-order valence-corrected chi connectivity index (χ3v) is 3.16. The van der Waals surface area contributed by atoms with Gasteiger partial charge >= 0.3 is 0 Å². The van der Waals surface area contributed by atoms with Crippen molar-refractivity contribution >= 4 is 5.69 Å². The number of benzene rings is 1. The van der Waals surface area contributed by atoms with Crippen molar-refractivity contribution in [3.63, 3.8) is 0 Å². The predicted molar refractivity (Wildman–Crippen MR) is 77.7 cm³/mol. The second-order valence-corrected chi connectivity index (χ2v) is 6.09. The zero-order valence-electron chi connectivity index (χ0n) is 12.1. The minimum Gasteiger partial charge on any atom is -0.385 e. The maximum Gasteiger partial charge on any atom is 0.0343 e. The van der Waals surface area contributed by atoms with Gasteiger partial charge in [0.05, 0.1) is 0 Å². The van der Waals surface area contributed by atoms with Crippen LogP contribution in [0.3, 0.4) is 0 Å². The molecule has 0 fully saturated rings. The quantitative estimate of drug-likeness (QED) is 0.721. The van der Waals surface area contributed by atoms with Crippen LogP contribution in [-0.2, 0) is 6.42 Å². The van der Waals surface area contributed by atoms with Crippen LogP contribution in [0, 0.1) is 12.3 Å². The summed E-state index contributed by atoms with van der Waals surface area (Å²) < 4.78 is 0. The summed E-state index contributed by atoms with van der Waals surface area (Å²) in [6.07, 6.45) is 3.63. The molecule has 0 aliphatic heterocycles. The molecule has 0 spiro atoms. The molecule has 0 aliphatic carbocycles. The van der Waals surface area contributed by atoms with E-state index in [9.17, 15) is 0 Å². The lowest BCUT2D eigenvalue weighted by Gasteiger charge is -2.18. The highest BCUT2D eigenvalue weighted by molar-refractivity contribution is 5.48. The first kappa shape index (κ1) is 14.1. The Labute approximate surface area is 107 Å². The zero-order valence-corrected chi connectivity index (χ0v) is 12.1. The summed E-state index contributed by atoms with van der Waals surface area (Å²) in [7, 11) is 0. The van der Waals surface area contributed by atoms with Crippen molar-refractivity contribution in [2.24, 2.45) is 5.41 Å².